The fourth-order valence-electron chi connectivity index (χ4n) is 3.58. The molecule has 32 heavy (non-hydrogen) atoms. The van der Waals surface area contributed by atoms with Crippen molar-refractivity contribution in [3.63, 3.8) is 0 Å². The van der Waals surface area contributed by atoms with Gasteiger partial charge in [0.2, 0.25) is 5.91 Å². The molecule has 164 valence electrons. The molecule has 1 aromatic carbocycles. The summed E-state index contributed by atoms with van der Waals surface area (Å²) in [5.41, 5.74) is 1.06. The minimum absolute atomic E-state index is 0.125. The van der Waals surface area contributed by atoms with E-state index in [0.29, 0.717) is 13.1 Å². The van der Waals surface area contributed by atoms with Crippen LogP contribution in [0.2, 0.25) is 0 Å². The molecule has 3 aromatic rings. The molecule has 1 atom stereocenters. The van der Waals surface area contributed by atoms with Crippen molar-refractivity contribution < 1.29 is 14.4 Å². The molecular formula is C23H24N6O3. The molecule has 1 aliphatic rings. The molecule has 0 unspecified atom stereocenters. The summed E-state index contributed by atoms with van der Waals surface area (Å²) in [5.74, 6) is -1.06. The average Bonchev–Trinajstić information content (AvgIpc) is 3.24. The van der Waals surface area contributed by atoms with Crippen LogP contribution in [0.5, 0.6) is 0 Å². The van der Waals surface area contributed by atoms with Crippen LogP contribution in [0.3, 0.4) is 0 Å². The Morgan fingerprint density at radius 1 is 1.06 bits per heavy atom. The topological polar surface area (TPSA) is 109 Å². The van der Waals surface area contributed by atoms with Gasteiger partial charge in [-0.25, -0.2) is 0 Å². The number of nitrogens with one attached hydrogen (secondary N) is 2. The zero-order valence-electron chi connectivity index (χ0n) is 17.9. The largest absolute Gasteiger partial charge is 0.350 e. The van der Waals surface area contributed by atoms with Gasteiger partial charge in [0.25, 0.3) is 11.8 Å². The Morgan fingerprint density at radius 2 is 1.78 bits per heavy atom. The van der Waals surface area contributed by atoms with Crippen molar-refractivity contribution >= 4 is 17.7 Å². The van der Waals surface area contributed by atoms with E-state index in [1.54, 1.807) is 32.4 Å². The normalized spacial score (nSPS) is 17.6. The second-order valence-corrected chi connectivity index (χ2v) is 7.92. The molecule has 1 aliphatic heterocycles. The first kappa shape index (κ1) is 21.2. The molecule has 3 heterocycles. The Morgan fingerprint density at radius 3 is 2.50 bits per heavy atom. The number of benzene rings is 1. The van der Waals surface area contributed by atoms with Gasteiger partial charge in [0, 0.05) is 38.6 Å². The number of rotatable bonds is 6. The summed E-state index contributed by atoms with van der Waals surface area (Å²) in [4.78, 5) is 44.0. The Bertz CT molecular complexity index is 1150. The molecule has 4 rings (SSSR count). The van der Waals surface area contributed by atoms with Crippen molar-refractivity contribution in [3.05, 3.63) is 83.4 Å². The number of hydrogen-bond donors (Lipinski definition) is 2. The van der Waals surface area contributed by atoms with Gasteiger partial charge in [0.05, 0.1) is 6.54 Å². The van der Waals surface area contributed by atoms with E-state index in [-0.39, 0.29) is 29.7 Å². The van der Waals surface area contributed by atoms with Crippen LogP contribution in [0.15, 0.2) is 60.9 Å². The third-order valence-corrected chi connectivity index (χ3v) is 5.70. The molecule has 2 N–H and O–H groups in total. The van der Waals surface area contributed by atoms with E-state index >= 15 is 0 Å². The molecule has 0 saturated heterocycles. The lowest BCUT2D eigenvalue weighted by Crippen LogP contribution is -2.62. The summed E-state index contributed by atoms with van der Waals surface area (Å²) < 4.78 is 1.43. The van der Waals surface area contributed by atoms with Crippen LogP contribution in [0.1, 0.15) is 39.0 Å². The van der Waals surface area contributed by atoms with Gasteiger partial charge in [-0.05, 0) is 24.1 Å². The van der Waals surface area contributed by atoms with Crippen molar-refractivity contribution in [2.75, 3.05) is 7.05 Å². The summed E-state index contributed by atoms with van der Waals surface area (Å²) in [5, 5.41) is 9.98. The molecule has 2 aromatic heterocycles. The van der Waals surface area contributed by atoms with Crippen molar-refractivity contribution in [2.24, 2.45) is 0 Å². The number of fused-ring (bicyclic) bond motifs is 1. The Kier molecular flexibility index (Phi) is 5.72. The third-order valence-electron chi connectivity index (χ3n) is 5.70. The number of carbonyl (C=O) groups excluding carboxylic acids is 3. The van der Waals surface area contributed by atoms with E-state index in [2.05, 4.69) is 20.7 Å². The van der Waals surface area contributed by atoms with E-state index in [1.165, 1.54) is 15.6 Å². The van der Waals surface area contributed by atoms with E-state index in [4.69, 9.17) is 0 Å². The van der Waals surface area contributed by atoms with Crippen LogP contribution in [0.25, 0.3) is 0 Å². The monoisotopic (exact) mass is 432 g/mol. The summed E-state index contributed by atoms with van der Waals surface area (Å²) >= 11 is 0. The number of pyridine rings is 1. The standard InChI is InChI=1S/C23H24N6O3/c1-23(22(32)26-13-16-7-4-3-5-8-16)15-29-19(21(31)28(23)2)11-18(27-29)20(30)25-14-17-9-6-10-24-12-17/h3-12H,13-15H2,1-2H3,(H,25,30)(H,26,32)/t23-/m0/s1. The third kappa shape index (κ3) is 4.09. The van der Waals surface area contributed by atoms with E-state index in [1.807, 2.05) is 36.4 Å². The predicted molar refractivity (Wildman–Crippen MR) is 116 cm³/mol. The molecule has 0 bridgehead atoms. The summed E-state index contributed by atoms with van der Waals surface area (Å²) in [6, 6.07) is 14.6. The lowest BCUT2D eigenvalue weighted by atomic mass is 9.96. The first-order valence-corrected chi connectivity index (χ1v) is 10.2. The highest BCUT2D eigenvalue weighted by Gasteiger charge is 2.46. The Labute approximate surface area is 185 Å². The molecule has 9 nitrogen and oxygen atoms in total. The van der Waals surface area contributed by atoms with Crippen LogP contribution in [-0.4, -0.2) is 50.0 Å². The maximum absolute atomic E-state index is 13.0. The van der Waals surface area contributed by atoms with Gasteiger partial charge in [-0.1, -0.05) is 36.4 Å². The lowest BCUT2D eigenvalue weighted by molar-refractivity contribution is -0.132. The van der Waals surface area contributed by atoms with Crippen LogP contribution in [0.4, 0.5) is 0 Å². The van der Waals surface area contributed by atoms with Gasteiger partial charge in [-0.2, -0.15) is 5.10 Å². The second-order valence-electron chi connectivity index (χ2n) is 7.92. The van der Waals surface area contributed by atoms with Crippen LogP contribution in [0, 0.1) is 0 Å². The van der Waals surface area contributed by atoms with E-state index in [9.17, 15) is 14.4 Å². The van der Waals surface area contributed by atoms with Crippen molar-refractivity contribution in [3.8, 4) is 0 Å². The smallest absolute Gasteiger partial charge is 0.272 e. The first-order valence-electron chi connectivity index (χ1n) is 10.2. The number of aromatic nitrogens is 3. The van der Waals surface area contributed by atoms with E-state index in [0.717, 1.165) is 11.1 Å². The molecule has 0 saturated carbocycles. The predicted octanol–water partition coefficient (Wildman–Crippen LogP) is 1.37. The van der Waals surface area contributed by atoms with Crippen molar-refractivity contribution in [1.82, 2.24) is 30.3 Å². The van der Waals surface area contributed by atoms with Gasteiger partial charge in [0.15, 0.2) is 5.69 Å². The second kappa shape index (κ2) is 8.62. The van der Waals surface area contributed by atoms with Crippen molar-refractivity contribution in [2.45, 2.75) is 32.1 Å². The highest BCUT2D eigenvalue weighted by molar-refractivity contribution is 6.01. The number of hydrogen-bond acceptors (Lipinski definition) is 5. The molecule has 0 fully saturated rings. The molecule has 3 amide bonds. The summed E-state index contributed by atoms with van der Waals surface area (Å²) in [6.07, 6.45) is 3.32. The number of carbonyl (C=O) groups is 3. The minimum Gasteiger partial charge on any atom is -0.350 e. The number of likely N-dealkylation sites (N-methyl/N-ethyl adjacent to an activating group) is 1. The average molecular weight is 432 g/mol. The Balaban J connectivity index is 1.48. The maximum atomic E-state index is 13.0. The van der Waals surface area contributed by atoms with Gasteiger partial charge in [-0.15, -0.1) is 0 Å². The Hall–Kier alpha value is -4.01. The summed E-state index contributed by atoms with van der Waals surface area (Å²) in [7, 11) is 1.59. The highest BCUT2D eigenvalue weighted by Crippen LogP contribution is 2.26. The molecule has 0 radical (unpaired) electrons. The van der Waals surface area contributed by atoms with Gasteiger partial charge in [-0.3, -0.25) is 24.0 Å². The molecule has 0 aliphatic carbocycles. The zero-order chi connectivity index (χ0) is 22.7. The lowest BCUT2D eigenvalue weighted by Gasteiger charge is -2.40. The maximum Gasteiger partial charge on any atom is 0.272 e. The van der Waals surface area contributed by atoms with Gasteiger partial charge >= 0.3 is 0 Å². The fourth-order valence-corrected chi connectivity index (χ4v) is 3.58. The molecule has 9 heteroatoms. The van der Waals surface area contributed by atoms with Gasteiger partial charge < -0.3 is 15.5 Å². The SMILES string of the molecule is CN1C(=O)c2cc(C(=O)NCc3cccnc3)nn2C[C@@]1(C)C(=O)NCc1ccccc1. The van der Waals surface area contributed by atoms with Gasteiger partial charge in [0.1, 0.15) is 11.2 Å². The molecular weight excluding hydrogens is 408 g/mol. The van der Waals surface area contributed by atoms with Crippen LogP contribution >= 0.6 is 0 Å². The molecule has 0 spiro atoms. The van der Waals surface area contributed by atoms with E-state index < -0.39 is 11.4 Å². The van der Waals surface area contributed by atoms with Crippen LogP contribution < -0.4 is 10.6 Å². The zero-order valence-corrected chi connectivity index (χ0v) is 17.9. The van der Waals surface area contributed by atoms with Crippen molar-refractivity contribution in [1.29, 1.82) is 0 Å². The fraction of sp³-hybridized carbons (Fsp3) is 0.261. The minimum atomic E-state index is -1.14. The quantitative estimate of drug-likeness (QED) is 0.612. The number of amides is 3. The highest BCUT2D eigenvalue weighted by atomic mass is 16.2. The first-order chi connectivity index (χ1) is 15.4. The summed E-state index contributed by atoms with van der Waals surface area (Å²) in [6.45, 7) is 2.48. The van der Waals surface area contributed by atoms with Crippen LogP contribution in [-0.2, 0) is 24.4 Å². The number of nitrogens with zero attached hydrogens (tertiary/aromatic N) is 4.